The highest BCUT2D eigenvalue weighted by Gasteiger charge is 2.39. The molecular formula is C22H20N4O3S2. The van der Waals surface area contributed by atoms with E-state index in [4.69, 9.17) is 0 Å². The van der Waals surface area contributed by atoms with Gasteiger partial charge in [-0.3, -0.25) is 4.79 Å². The molecule has 0 spiro atoms. The molecule has 9 heteroatoms. The van der Waals surface area contributed by atoms with E-state index in [9.17, 15) is 13.2 Å². The SMILES string of the molecule is Cc1nc(-c2cccc(NC(=O)[C@@H]3CCCN3C3=NS(=O)(=O)c4ccccc43)c2)cs1. The van der Waals surface area contributed by atoms with Crippen molar-refractivity contribution in [3.05, 3.63) is 64.5 Å². The fraction of sp³-hybridized carbons (Fsp3) is 0.227. The number of amidine groups is 1. The zero-order valence-corrected chi connectivity index (χ0v) is 18.4. The Morgan fingerprint density at radius 2 is 2.03 bits per heavy atom. The number of benzene rings is 2. The molecule has 1 fully saturated rings. The molecule has 2 aliphatic rings. The number of sulfonamides is 1. The smallest absolute Gasteiger partial charge is 0.285 e. The van der Waals surface area contributed by atoms with Gasteiger partial charge in [0.15, 0.2) is 5.84 Å². The van der Waals surface area contributed by atoms with Crippen LogP contribution in [0.2, 0.25) is 0 Å². The van der Waals surface area contributed by atoms with E-state index in [1.165, 1.54) is 0 Å². The first kappa shape index (κ1) is 19.9. The van der Waals surface area contributed by atoms with Gasteiger partial charge in [-0.05, 0) is 44.0 Å². The Kier molecular flexibility index (Phi) is 4.86. The molecule has 3 heterocycles. The Morgan fingerprint density at radius 3 is 2.84 bits per heavy atom. The highest BCUT2D eigenvalue weighted by Crippen LogP contribution is 2.32. The van der Waals surface area contributed by atoms with Crippen LogP contribution in [-0.2, 0) is 14.8 Å². The second-order valence-corrected chi connectivity index (χ2v) is 10.2. The Balaban J connectivity index is 1.39. The van der Waals surface area contributed by atoms with Crippen LogP contribution >= 0.6 is 11.3 Å². The van der Waals surface area contributed by atoms with Crippen LogP contribution in [0.4, 0.5) is 5.69 Å². The van der Waals surface area contributed by atoms with Crippen LogP contribution in [0.5, 0.6) is 0 Å². The molecule has 158 valence electrons. The maximum atomic E-state index is 13.1. The number of nitrogens with one attached hydrogen (secondary N) is 1. The van der Waals surface area contributed by atoms with E-state index >= 15 is 0 Å². The van der Waals surface area contributed by atoms with Gasteiger partial charge in [-0.15, -0.1) is 15.7 Å². The lowest BCUT2D eigenvalue weighted by Crippen LogP contribution is -2.43. The zero-order chi connectivity index (χ0) is 21.6. The van der Waals surface area contributed by atoms with Gasteiger partial charge in [-0.25, -0.2) is 4.98 Å². The van der Waals surface area contributed by atoms with Crippen LogP contribution in [0, 0.1) is 6.92 Å². The fourth-order valence-electron chi connectivity index (χ4n) is 4.07. The van der Waals surface area contributed by atoms with Crippen LogP contribution < -0.4 is 5.32 Å². The number of aromatic nitrogens is 1. The summed E-state index contributed by atoms with van der Waals surface area (Å²) in [6.07, 6.45) is 1.43. The number of amides is 1. The predicted octanol–water partition coefficient (Wildman–Crippen LogP) is 3.67. The Labute approximate surface area is 184 Å². The lowest BCUT2D eigenvalue weighted by Gasteiger charge is -2.25. The number of hydrogen-bond acceptors (Lipinski definition) is 6. The van der Waals surface area contributed by atoms with Gasteiger partial charge in [0.25, 0.3) is 10.0 Å². The molecule has 0 unspecified atom stereocenters. The summed E-state index contributed by atoms with van der Waals surface area (Å²) in [7, 11) is -3.73. The van der Waals surface area contributed by atoms with Gasteiger partial charge >= 0.3 is 0 Å². The lowest BCUT2D eigenvalue weighted by atomic mass is 10.1. The molecule has 2 aliphatic heterocycles. The third-order valence-corrected chi connectivity index (χ3v) is 7.58. The molecule has 1 atom stereocenters. The largest absolute Gasteiger partial charge is 0.343 e. The summed E-state index contributed by atoms with van der Waals surface area (Å²) in [5, 5.41) is 5.97. The van der Waals surface area contributed by atoms with Crippen molar-refractivity contribution in [1.82, 2.24) is 9.88 Å². The summed E-state index contributed by atoms with van der Waals surface area (Å²) in [5.41, 5.74) is 3.05. The molecule has 0 bridgehead atoms. The van der Waals surface area contributed by atoms with Crippen molar-refractivity contribution in [3.8, 4) is 11.3 Å². The van der Waals surface area contributed by atoms with E-state index < -0.39 is 16.1 Å². The minimum absolute atomic E-state index is 0.173. The van der Waals surface area contributed by atoms with Gasteiger partial charge in [0.2, 0.25) is 5.91 Å². The number of rotatable bonds is 3. The highest BCUT2D eigenvalue weighted by atomic mass is 32.2. The molecule has 7 nitrogen and oxygen atoms in total. The summed E-state index contributed by atoms with van der Waals surface area (Å²) in [4.78, 5) is 19.6. The quantitative estimate of drug-likeness (QED) is 0.655. The van der Waals surface area contributed by atoms with Crippen molar-refractivity contribution in [2.24, 2.45) is 4.40 Å². The van der Waals surface area contributed by atoms with Gasteiger partial charge in [-0.2, -0.15) is 8.42 Å². The number of aryl methyl sites for hydroxylation is 1. The summed E-state index contributed by atoms with van der Waals surface area (Å²) in [5.74, 6) is 0.188. The van der Waals surface area contributed by atoms with Gasteiger partial charge in [0.1, 0.15) is 10.9 Å². The van der Waals surface area contributed by atoms with E-state index in [1.54, 1.807) is 35.6 Å². The maximum Gasteiger partial charge on any atom is 0.285 e. The molecule has 1 amide bonds. The van der Waals surface area contributed by atoms with Crippen molar-refractivity contribution in [2.45, 2.75) is 30.7 Å². The third-order valence-electron chi connectivity index (χ3n) is 5.48. The second kappa shape index (κ2) is 7.58. The van der Waals surface area contributed by atoms with Crippen LogP contribution in [0.3, 0.4) is 0 Å². The Morgan fingerprint density at radius 1 is 1.19 bits per heavy atom. The molecular weight excluding hydrogens is 432 g/mol. The number of carbonyl (C=O) groups is 1. The first-order valence-electron chi connectivity index (χ1n) is 9.97. The van der Waals surface area contributed by atoms with Crippen LogP contribution in [-0.4, -0.2) is 42.6 Å². The topological polar surface area (TPSA) is 91.7 Å². The minimum Gasteiger partial charge on any atom is -0.343 e. The number of hydrogen-bond donors (Lipinski definition) is 1. The van der Waals surface area contributed by atoms with Crippen molar-refractivity contribution in [1.29, 1.82) is 0 Å². The van der Waals surface area contributed by atoms with Gasteiger partial charge < -0.3 is 10.2 Å². The number of nitrogens with zero attached hydrogens (tertiary/aromatic N) is 3. The summed E-state index contributed by atoms with van der Waals surface area (Å²) in [6.45, 7) is 2.54. The lowest BCUT2D eigenvalue weighted by molar-refractivity contribution is -0.119. The summed E-state index contributed by atoms with van der Waals surface area (Å²) >= 11 is 1.58. The van der Waals surface area contributed by atoms with Gasteiger partial charge in [-0.1, -0.05) is 24.3 Å². The molecule has 2 aromatic carbocycles. The highest BCUT2D eigenvalue weighted by molar-refractivity contribution is 7.90. The van der Waals surface area contributed by atoms with Crippen molar-refractivity contribution >= 4 is 38.8 Å². The average molecular weight is 453 g/mol. The van der Waals surface area contributed by atoms with E-state index in [0.29, 0.717) is 30.1 Å². The standard InChI is InChI=1S/C22H20N4O3S2/c1-14-23-18(13-30-14)15-6-4-7-16(12-15)24-22(27)19-9-5-11-26(19)21-17-8-2-3-10-20(17)31(28,29)25-21/h2-4,6-8,10,12-13,19H,5,9,11H2,1H3,(H,24,27)/t19-/m0/s1. The van der Waals surface area contributed by atoms with Crippen molar-refractivity contribution < 1.29 is 13.2 Å². The molecule has 0 radical (unpaired) electrons. The zero-order valence-electron chi connectivity index (χ0n) is 16.8. The van der Waals surface area contributed by atoms with Crippen LogP contribution in [0.25, 0.3) is 11.3 Å². The number of anilines is 1. The first-order chi connectivity index (χ1) is 14.9. The van der Waals surface area contributed by atoms with E-state index in [0.717, 1.165) is 22.7 Å². The monoisotopic (exact) mass is 452 g/mol. The Bertz CT molecular complexity index is 1310. The van der Waals surface area contributed by atoms with E-state index in [-0.39, 0.29) is 10.8 Å². The average Bonchev–Trinajstić information content (AvgIpc) is 3.46. The molecule has 1 saturated heterocycles. The van der Waals surface area contributed by atoms with Gasteiger partial charge in [0, 0.05) is 28.7 Å². The fourth-order valence-corrected chi connectivity index (χ4v) is 5.91. The summed E-state index contributed by atoms with van der Waals surface area (Å²) < 4.78 is 28.9. The van der Waals surface area contributed by atoms with Crippen LogP contribution in [0.1, 0.15) is 23.4 Å². The van der Waals surface area contributed by atoms with E-state index in [1.807, 2.05) is 41.5 Å². The van der Waals surface area contributed by atoms with E-state index in [2.05, 4.69) is 14.7 Å². The molecule has 1 aromatic heterocycles. The molecule has 1 N–H and O–H groups in total. The predicted molar refractivity (Wildman–Crippen MR) is 121 cm³/mol. The third kappa shape index (κ3) is 3.64. The minimum atomic E-state index is -3.73. The molecule has 5 rings (SSSR count). The first-order valence-corrected chi connectivity index (χ1v) is 12.3. The van der Waals surface area contributed by atoms with Crippen molar-refractivity contribution in [3.63, 3.8) is 0 Å². The number of likely N-dealkylation sites (tertiary alicyclic amines) is 1. The van der Waals surface area contributed by atoms with Crippen LogP contribution in [0.15, 0.2) is 63.2 Å². The molecule has 0 saturated carbocycles. The summed E-state index contributed by atoms with van der Waals surface area (Å²) in [6, 6.07) is 13.9. The Hall–Kier alpha value is -3.04. The molecule has 31 heavy (non-hydrogen) atoms. The normalized spacial score (nSPS) is 19.2. The number of fused-ring (bicyclic) bond motifs is 1. The molecule has 3 aromatic rings. The van der Waals surface area contributed by atoms with Crippen molar-refractivity contribution in [2.75, 3.05) is 11.9 Å². The second-order valence-electron chi connectivity index (χ2n) is 7.56. The maximum absolute atomic E-state index is 13.1. The number of carbonyl (C=O) groups excluding carboxylic acids is 1. The number of thiazole rings is 1. The van der Waals surface area contributed by atoms with Gasteiger partial charge in [0.05, 0.1) is 10.7 Å². The molecule has 0 aliphatic carbocycles.